The van der Waals surface area contributed by atoms with Crippen LogP contribution < -0.4 is 9.64 Å². The summed E-state index contributed by atoms with van der Waals surface area (Å²) >= 11 is 6.49. The van der Waals surface area contributed by atoms with E-state index in [1.165, 1.54) is 18.2 Å². The summed E-state index contributed by atoms with van der Waals surface area (Å²) in [6.07, 6.45) is 9.59. The van der Waals surface area contributed by atoms with Crippen molar-refractivity contribution in [1.29, 1.82) is 0 Å². The second-order valence-electron chi connectivity index (χ2n) is 15.6. The molecule has 1 amide bonds. The number of carbonyl (C=O) groups is 2. The topological polar surface area (TPSA) is 101 Å². The smallest absolute Gasteiger partial charge is 0.343 e. The SMILES string of the molecule is COC(=O)[C@@]1(O)CC(=O)N(C)CC/C=C/[C@H](OCCN2CCOC[C@@H]2C)[C@@H]2CC[C@H]2CN2C[C@@]3(CCCc4cc(Cl)ccc43)COc3ccc1cc32. The van der Waals surface area contributed by atoms with Crippen LogP contribution in [0.2, 0.25) is 5.02 Å². The first kappa shape index (κ1) is 37.2. The van der Waals surface area contributed by atoms with Crippen LogP contribution in [-0.2, 0) is 41.2 Å². The molecule has 5 aliphatic rings. The summed E-state index contributed by atoms with van der Waals surface area (Å²) < 4.78 is 24.2. The van der Waals surface area contributed by atoms with Crippen molar-refractivity contribution in [1.82, 2.24) is 9.80 Å². The highest BCUT2D eigenvalue weighted by Crippen LogP contribution is 2.48. The predicted octanol–water partition coefficient (Wildman–Crippen LogP) is 5.11. The fraction of sp³-hybridized carbons (Fsp3) is 0.610. The molecule has 10 nitrogen and oxygen atoms in total. The number of aliphatic hydroxyl groups is 1. The average Bonchev–Trinajstić information content (AvgIpc) is 3.28. The van der Waals surface area contributed by atoms with E-state index in [1.807, 2.05) is 18.2 Å². The number of amides is 1. The van der Waals surface area contributed by atoms with Gasteiger partial charge >= 0.3 is 5.97 Å². The van der Waals surface area contributed by atoms with E-state index < -0.39 is 18.0 Å². The van der Waals surface area contributed by atoms with Crippen LogP contribution in [0.15, 0.2) is 48.6 Å². The van der Waals surface area contributed by atoms with Gasteiger partial charge in [-0.05, 0) is 98.2 Å². The number of hydrogen-bond acceptors (Lipinski definition) is 9. The van der Waals surface area contributed by atoms with Crippen molar-refractivity contribution >= 4 is 29.2 Å². The van der Waals surface area contributed by atoms with E-state index in [0.29, 0.717) is 61.9 Å². The maximum absolute atomic E-state index is 13.6. The molecule has 0 unspecified atom stereocenters. The van der Waals surface area contributed by atoms with Crippen LogP contribution in [0.3, 0.4) is 0 Å². The molecule has 2 aromatic carbocycles. The zero-order valence-corrected chi connectivity index (χ0v) is 31.6. The first-order chi connectivity index (χ1) is 25.1. The second kappa shape index (κ2) is 15.7. The molecule has 1 saturated carbocycles. The first-order valence-electron chi connectivity index (χ1n) is 19.1. The number of ether oxygens (including phenoxy) is 4. The van der Waals surface area contributed by atoms with E-state index in [9.17, 15) is 14.7 Å². The van der Waals surface area contributed by atoms with E-state index >= 15 is 0 Å². The van der Waals surface area contributed by atoms with E-state index in [-0.39, 0.29) is 17.4 Å². The van der Waals surface area contributed by atoms with Crippen molar-refractivity contribution in [2.24, 2.45) is 11.8 Å². The summed E-state index contributed by atoms with van der Waals surface area (Å²) in [4.78, 5) is 33.3. The fourth-order valence-electron chi connectivity index (χ4n) is 9.07. The highest BCUT2D eigenvalue weighted by molar-refractivity contribution is 6.30. The number of hydrogen-bond donors (Lipinski definition) is 1. The van der Waals surface area contributed by atoms with E-state index in [0.717, 1.165) is 75.7 Å². The van der Waals surface area contributed by atoms with Crippen LogP contribution in [0.4, 0.5) is 5.69 Å². The molecule has 6 atom stereocenters. The number of benzene rings is 2. The molecule has 2 aliphatic carbocycles. The van der Waals surface area contributed by atoms with Crippen LogP contribution in [-0.4, -0.2) is 112 Å². The lowest BCUT2D eigenvalue weighted by Crippen LogP contribution is -2.50. The number of fused-ring (bicyclic) bond motifs is 4. The highest BCUT2D eigenvalue weighted by atomic mass is 35.5. The lowest BCUT2D eigenvalue weighted by atomic mass is 9.68. The van der Waals surface area contributed by atoms with Gasteiger partial charge in [-0.1, -0.05) is 35.9 Å². The molecular weight excluding hydrogens is 682 g/mol. The van der Waals surface area contributed by atoms with Gasteiger partial charge in [-0.15, -0.1) is 0 Å². The van der Waals surface area contributed by atoms with Gasteiger partial charge in [0.1, 0.15) is 5.75 Å². The van der Waals surface area contributed by atoms with E-state index in [4.69, 9.17) is 30.5 Å². The van der Waals surface area contributed by atoms with E-state index in [1.54, 1.807) is 18.0 Å². The molecule has 1 saturated heterocycles. The number of esters is 1. The third-order valence-corrected chi connectivity index (χ3v) is 12.6. The molecule has 0 aromatic heterocycles. The monoisotopic (exact) mass is 735 g/mol. The Hall–Kier alpha value is -3.15. The van der Waals surface area contributed by atoms with E-state index in [2.05, 4.69) is 41.0 Å². The molecule has 3 aliphatic heterocycles. The molecule has 0 radical (unpaired) electrons. The number of carbonyl (C=O) groups excluding carboxylic acids is 2. The van der Waals surface area contributed by atoms with Crippen molar-refractivity contribution in [3.63, 3.8) is 0 Å². The van der Waals surface area contributed by atoms with Gasteiger partial charge in [-0.25, -0.2) is 4.79 Å². The third-order valence-electron chi connectivity index (χ3n) is 12.4. The number of aryl methyl sites for hydroxylation is 1. The largest absolute Gasteiger partial charge is 0.490 e. The maximum atomic E-state index is 13.6. The molecule has 1 N–H and O–H groups in total. The van der Waals surface area contributed by atoms with Gasteiger partial charge < -0.3 is 33.9 Å². The maximum Gasteiger partial charge on any atom is 0.343 e. The molecule has 2 aromatic rings. The van der Waals surface area contributed by atoms with Crippen molar-refractivity contribution in [2.45, 2.75) is 75.0 Å². The van der Waals surface area contributed by atoms with Gasteiger partial charge in [0, 0.05) is 56.3 Å². The standard InChI is InChI=1S/C41H54ClN3O7/c1-28-25-50-19-17-44(28)18-20-51-36-8-4-5-16-43(2)38(46)23-41(48,39(47)49-3)31-10-14-37-35(22-31)45(24-30-9-12-33(30)36)26-40(27-52-37)15-6-7-29-21-32(42)11-13-34(29)40/h4,8,10-11,13-14,21-22,28,30,33,36,48H,5-7,9,12,15-20,23-27H2,1-3H3/b8-4+/t28-,30-,33+,36-,40-,41+/m0/s1. The lowest BCUT2D eigenvalue weighted by molar-refractivity contribution is -0.168. The second-order valence-corrected chi connectivity index (χ2v) is 16.1. The summed E-state index contributed by atoms with van der Waals surface area (Å²) in [5.41, 5.74) is 1.22. The summed E-state index contributed by atoms with van der Waals surface area (Å²) in [6.45, 7) is 8.53. The Morgan fingerprint density at radius 3 is 2.81 bits per heavy atom. The van der Waals surface area contributed by atoms with Crippen molar-refractivity contribution < 1.29 is 33.6 Å². The molecule has 1 spiro atoms. The third kappa shape index (κ3) is 7.47. The molecule has 2 bridgehead atoms. The summed E-state index contributed by atoms with van der Waals surface area (Å²) in [7, 11) is 2.95. The average molecular weight is 736 g/mol. The van der Waals surface area contributed by atoms with Gasteiger partial charge in [0.25, 0.3) is 0 Å². The number of halogens is 1. The summed E-state index contributed by atoms with van der Waals surface area (Å²) in [6, 6.07) is 12.0. The van der Waals surface area contributed by atoms with Crippen molar-refractivity contribution in [3.8, 4) is 5.75 Å². The van der Waals surface area contributed by atoms with Gasteiger partial charge in [0.05, 0.1) is 51.7 Å². The lowest BCUT2D eigenvalue weighted by Gasteiger charge is -2.46. The number of methoxy groups -OCH3 is 1. The number of morpholine rings is 1. The van der Waals surface area contributed by atoms with Crippen LogP contribution in [0, 0.1) is 11.8 Å². The van der Waals surface area contributed by atoms with Crippen LogP contribution in [0.1, 0.15) is 62.1 Å². The minimum atomic E-state index is -2.16. The Kier molecular flexibility index (Phi) is 11.2. The zero-order chi connectivity index (χ0) is 36.5. The van der Waals surface area contributed by atoms with Crippen molar-refractivity contribution in [2.75, 3.05) is 78.2 Å². The molecule has 2 fully saturated rings. The molecule has 52 heavy (non-hydrogen) atoms. The zero-order valence-electron chi connectivity index (χ0n) is 30.9. The summed E-state index contributed by atoms with van der Waals surface area (Å²) in [5.74, 6) is 0.160. The minimum absolute atomic E-state index is 0.0473. The van der Waals surface area contributed by atoms with Crippen LogP contribution in [0.25, 0.3) is 0 Å². The Bertz CT molecular complexity index is 1650. The Morgan fingerprint density at radius 1 is 1.15 bits per heavy atom. The van der Waals surface area contributed by atoms with Gasteiger partial charge in [-0.3, -0.25) is 9.69 Å². The number of rotatable bonds is 5. The highest BCUT2D eigenvalue weighted by Gasteiger charge is 2.47. The molecule has 282 valence electrons. The molecule has 11 heteroatoms. The molecule has 7 rings (SSSR count). The Morgan fingerprint density at radius 2 is 2.02 bits per heavy atom. The Balaban J connectivity index is 1.25. The van der Waals surface area contributed by atoms with Crippen LogP contribution >= 0.6 is 11.6 Å². The number of anilines is 1. The van der Waals surface area contributed by atoms with Gasteiger partial charge in [0.15, 0.2) is 5.60 Å². The Labute approximate surface area is 313 Å². The quantitative estimate of drug-likeness (QED) is 0.332. The summed E-state index contributed by atoms with van der Waals surface area (Å²) in [5, 5.41) is 12.8. The number of nitrogens with zero attached hydrogens (tertiary/aromatic N) is 3. The first-order valence-corrected chi connectivity index (χ1v) is 19.4. The molecule has 3 heterocycles. The minimum Gasteiger partial charge on any atom is -0.490 e. The van der Waals surface area contributed by atoms with Gasteiger partial charge in [-0.2, -0.15) is 0 Å². The van der Waals surface area contributed by atoms with Crippen molar-refractivity contribution in [3.05, 3.63) is 70.3 Å². The van der Waals surface area contributed by atoms with Gasteiger partial charge in [0.2, 0.25) is 5.91 Å². The fourth-order valence-corrected chi connectivity index (χ4v) is 9.26. The molecular formula is C41H54ClN3O7. The predicted molar refractivity (Wildman–Crippen MR) is 200 cm³/mol. The normalized spacial score (nSPS) is 31.8. The van der Waals surface area contributed by atoms with Crippen LogP contribution in [0.5, 0.6) is 5.75 Å².